The number of ether oxygens (including phenoxy) is 2. The molecule has 0 saturated heterocycles. The second-order valence-electron chi connectivity index (χ2n) is 7.28. The molecule has 1 N–H and O–H groups in total. The van der Waals surface area contributed by atoms with Crippen LogP contribution >= 0.6 is 0 Å². The maximum atomic E-state index is 12.6. The van der Waals surface area contributed by atoms with Crippen LogP contribution in [0.1, 0.15) is 16.7 Å². The van der Waals surface area contributed by atoms with Crippen LogP contribution < -0.4 is 19.1 Å². The average molecular weight is 419 g/mol. The molecule has 2 aromatic carbocycles. The zero-order valence-corrected chi connectivity index (χ0v) is 17.9. The zero-order valence-electron chi connectivity index (χ0n) is 17.1. The third-order valence-electron chi connectivity index (χ3n) is 4.68. The summed E-state index contributed by atoms with van der Waals surface area (Å²) < 4.78 is 37.1. The molecule has 1 aliphatic heterocycles. The van der Waals surface area contributed by atoms with E-state index in [1.54, 1.807) is 12.1 Å². The molecule has 0 aliphatic carbocycles. The van der Waals surface area contributed by atoms with Crippen LogP contribution in [0.3, 0.4) is 0 Å². The SMILES string of the molecule is Cc1ccc(C)c(OCCNC(=O)[C@H]2CN(S(C)(=O)=O)c3ccc(C)cc3O2)c1. The number of sulfonamides is 1. The Bertz CT molecular complexity index is 1020. The van der Waals surface area contributed by atoms with Gasteiger partial charge in [0.05, 0.1) is 25.0 Å². The summed E-state index contributed by atoms with van der Waals surface area (Å²) in [5.74, 6) is 0.782. The standard InChI is InChI=1S/C21H26N2O5S/c1-14-5-7-16(3)18(11-14)27-10-9-22-21(24)20-13-23(29(4,25)26)17-8-6-15(2)12-19(17)28-20/h5-8,11-12,20H,9-10,13H2,1-4H3,(H,22,24)/t20-/m1/s1. The Morgan fingerprint density at radius 3 is 2.59 bits per heavy atom. The highest BCUT2D eigenvalue weighted by atomic mass is 32.2. The van der Waals surface area contributed by atoms with Crippen molar-refractivity contribution in [3.8, 4) is 11.5 Å². The van der Waals surface area contributed by atoms with Gasteiger partial charge in [0.15, 0.2) is 6.10 Å². The van der Waals surface area contributed by atoms with Crippen molar-refractivity contribution in [3.05, 3.63) is 53.1 Å². The summed E-state index contributed by atoms with van der Waals surface area (Å²) in [6.45, 7) is 6.34. The lowest BCUT2D eigenvalue weighted by Crippen LogP contribution is -2.51. The van der Waals surface area contributed by atoms with E-state index in [0.717, 1.165) is 28.7 Å². The molecule has 29 heavy (non-hydrogen) atoms. The van der Waals surface area contributed by atoms with Gasteiger partial charge in [-0.3, -0.25) is 9.10 Å². The fourth-order valence-corrected chi connectivity index (χ4v) is 4.04. The van der Waals surface area contributed by atoms with E-state index in [9.17, 15) is 13.2 Å². The number of fused-ring (bicyclic) bond motifs is 1. The Kier molecular flexibility index (Phi) is 6.02. The molecule has 0 spiro atoms. The molecule has 2 aromatic rings. The Morgan fingerprint density at radius 1 is 1.17 bits per heavy atom. The smallest absolute Gasteiger partial charge is 0.263 e. The van der Waals surface area contributed by atoms with E-state index >= 15 is 0 Å². The van der Waals surface area contributed by atoms with Gasteiger partial charge < -0.3 is 14.8 Å². The van der Waals surface area contributed by atoms with Gasteiger partial charge in [-0.15, -0.1) is 0 Å². The second-order valence-corrected chi connectivity index (χ2v) is 9.19. The first-order valence-corrected chi connectivity index (χ1v) is 11.2. The van der Waals surface area contributed by atoms with Crippen LogP contribution in [0.5, 0.6) is 11.5 Å². The normalized spacial score (nSPS) is 16.0. The van der Waals surface area contributed by atoms with E-state index in [-0.39, 0.29) is 19.0 Å². The number of rotatable bonds is 6. The molecule has 0 saturated carbocycles. The van der Waals surface area contributed by atoms with Gasteiger partial charge in [-0.2, -0.15) is 0 Å². The summed E-state index contributed by atoms with van der Waals surface area (Å²) >= 11 is 0. The van der Waals surface area contributed by atoms with Gasteiger partial charge in [-0.1, -0.05) is 18.2 Å². The van der Waals surface area contributed by atoms with Crippen LogP contribution in [0.25, 0.3) is 0 Å². The Hall–Kier alpha value is -2.74. The van der Waals surface area contributed by atoms with E-state index in [1.807, 2.05) is 45.0 Å². The second kappa shape index (κ2) is 8.32. The lowest BCUT2D eigenvalue weighted by atomic mass is 10.1. The first-order chi connectivity index (χ1) is 13.6. The highest BCUT2D eigenvalue weighted by Gasteiger charge is 2.34. The summed E-state index contributed by atoms with van der Waals surface area (Å²) in [6.07, 6.45) is 0.189. The van der Waals surface area contributed by atoms with Crippen LogP contribution in [0, 0.1) is 20.8 Å². The van der Waals surface area contributed by atoms with E-state index in [4.69, 9.17) is 9.47 Å². The topological polar surface area (TPSA) is 84.9 Å². The number of hydrogen-bond acceptors (Lipinski definition) is 5. The first kappa shape index (κ1) is 21.0. The van der Waals surface area contributed by atoms with Gasteiger partial charge >= 0.3 is 0 Å². The number of nitrogens with one attached hydrogen (secondary N) is 1. The highest BCUT2D eigenvalue weighted by Crippen LogP contribution is 2.35. The zero-order chi connectivity index (χ0) is 21.2. The number of carbonyl (C=O) groups excluding carboxylic acids is 1. The van der Waals surface area contributed by atoms with Crippen molar-refractivity contribution in [2.45, 2.75) is 26.9 Å². The van der Waals surface area contributed by atoms with Crippen molar-refractivity contribution < 1.29 is 22.7 Å². The molecule has 0 radical (unpaired) electrons. The molecule has 1 heterocycles. The highest BCUT2D eigenvalue weighted by molar-refractivity contribution is 7.92. The van der Waals surface area contributed by atoms with Crippen LogP contribution in [-0.4, -0.2) is 46.4 Å². The van der Waals surface area contributed by atoms with Crippen molar-refractivity contribution in [1.29, 1.82) is 0 Å². The molecule has 7 nitrogen and oxygen atoms in total. The molecule has 1 amide bonds. The van der Waals surface area contributed by atoms with Gasteiger partial charge in [0.25, 0.3) is 5.91 Å². The molecule has 156 valence electrons. The van der Waals surface area contributed by atoms with E-state index in [1.165, 1.54) is 4.31 Å². The van der Waals surface area contributed by atoms with Gasteiger partial charge in [-0.05, 0) is 55.7 Å². The predicted octanol–water partition coefficient (Wildman–Crippen LogP) is 2.33. The molecular formula is C21H26N2O5S. The molecule has 3 rings (SSSR count). The molecule has 8 heteroatoms. The lowest BCUT2D eigenvalue weighted by molar-refractivity contribution is -0.127. The van der Waals surface area contributed by atoms with Crippen LogP contribution in [0.2, 0.25) is 0 Å². The maximum Gasteiger partial charge on any atom is 0.263 e. The summed E-state index contributed by atoms with van der Waals surface area (Å²) in [5.41, 5.74) is 3.48. The lowest BCUT2D eigenvalue weighted by Gasteiger charge is -2.34. The van der Waals surface area contributed by atoms with Crippen LogP contribution in [-0.2, 0) is 14.8 Å². The molecular weight excluding hydrogens is 392 g/mol. The summed E-state index contributed by atoms with van der Waals surface area (Å²) in [5, 5.41) is 2.76. The van der Waals surface area contributed by atoms with Crippen molar-refractivity contribution in [2.75, 3.05) is 30.3 Å². The Labute approximate surface area is 171 Å². The fourth-order valence-electron chi connectivity index (χ4n) is 3.12. The minimum atomic E-state index is -3.54. The minimum Gasteiger partial charge on any atom is -0.491 e. The van der Waals surface area contributed by atoms with E-state index in [0.29, 0.717) is 18.0 Å². The molecule has 0 bridgehead atoms. The van der Waals surface area contributed by atoms with Crippen molar-refractivity contribution >= 4 is 21.6 Å². The largest absolute Gasteiger partial charge is 0.491 e. The molecule has 0 fully saturated rings. The van der Waals surface area contributed by atoms with Gasteiger partial charge in [-0.25, -0.2) is 8.42 Å². The van der Waals surface area contributed by atoms with Gasteiger partial charge in [0, 0.05) is 0 Å². The first-order valence-electron chi connectivity index (χ1n) is 9.38. The fraction of sp³-hybridized carbons (Fsp3) is 0.381. The van der Waals surface area contributed by atoms with Crippen LogP contribution in [0.15, 0.2) is 36.4 Å². The molecule has 1 aliphatic rings. The number of hydrogen-bond donors (Lipinski definition) is 1. The monoisotopic (exact) mass is 418 g/mol. The number of carbonyl (C=O) groups is 1. The molecule has 1 atom stereocenters. The summed E-state index contributed by atoms with van der Waals surface area (Å²) in [7, 11) is -3.54. The number of nitrogens with zero attached hydrogens (tertiary/aromatic N) is 1. The quantitative estimate of drug-likeness (QED) is 0.728. The predicted molar refractivity (Wildman–Crippen MR) is 112 cm³/mol. The van der Waals surface area contributed by atoms with Crippen molar-refractivity contribution in [1.82, 2.24) is 5.32 Å². The van der Waals surface area contributed by atoms with E-state index in [2.05, 4.69) is 5.32 Å². The summed E-state index contributed by atoms with van der Waals surface area (Å²) in [4.78, 5) is 12.6. The number of aryl methyl sites for hydroxylation is 3. The average Bonchev–Trinajstić information content (AvgIpc) is 2.65. The number of benzene rings is 2. The Morgan fingerprint density at radius 2 is 1.86 bits per heavy atom. The molecule has 0 aromatic heterocycles. The maximum absolute atomic E-state index is 12.6. The minimum absolute atomic E-state index is 0.0709. The number of anilines is 1. The third-order valence-corrected chi connectivity index (χ3v) is 5.83. The van der Waals surface area contributed by atoms with Crippen molar-refractivity contribution in [3.63, 3.8) is 0 Å². The van der Waals surface area contributed by atoms with E-state index < -0.39 is 16.1 Å². The van der Waals surface area contributed by atoms with Crippen LogP contribution in [0.4, 0.5) is 5.69 Å². The third kappa shape index (κ3) is 5.00. The van der Waals surface area contributed by atoms with Gasteiger partial charge in [0.2, 0.25) is 10.0 Å². The summed E-state index contributed by atoms with van der Waals surface area (Å²) in [6, 6.07) is 11.2. The number of amides is 1. The van der Waals surface area contributed by atoms with Crippen molar-refractivity contribution in [2.24, 2.45) is 0 Å². The molecule has 0 unspecified atom stereocenters. The van der Waals surface area contributed by atoms with Gasteiger partial charge in [0.1, 0.15) is 18.1 Å². The Balaban J connectivity index is 1.63.